The lowest BCUT2D eigenvalue weighted by Crippen LogP contribution is -2.33. The van der Waals surface area contributed by atoms with E-state index in [1.807, 2.05) is 39.0 Å². The molecule has 0 atom stereocenters. The third kappa shape index (κ3) is 4.36. The third-order valence-corrected chi connectivity index (χ3v) is 6.96. The minimum Gasteiger partial charge on any atom is -0.495 e. The van der Waals surface area contributed by atoms with Gasteiger partial charge in [0.1, 0.15) is 22.9 Å². The Morgan fingerprint density at radius 1 is 1.23 bits per heavy atom. The van der Waals surface area contributed by atoms with E-state index in [-0.39, 0.29) is 18.0 Å². The molecule has 1 fully saturated rings. The number of aryl methyl sites for hydroxylation is 3. The Morgan fingerprint density at radius 3 is 2.68 bits per heavy atom. The maximum Gasteiger partial charge on any atom is 0.263 e. The van der Waals surface area contributed by atoms with Crippen LogP contribution in [0.1, 0.15) is 34.7 Å². The summed E-state index contributed by atoms with van der Waals surface area (Å²) in [5, 5.41) is 3.52. The number of amides is 1. The van der Waals surface area contributed by atoms with E-state index in [2.05, 4.69) is 10.2 Å². The van der Waals surface area contributed by atoms with Crippen molar-refractivity contribution in [2.24, 2.45) is 0 Å². The van der Waals surface area contributed by atoms with Crippen LogP contribution >= 0.6 is 11.3 Å². The van der Waals surface area contributed by atoms with Crippen molar-refractivity contribution in [3.63, 3.8) is 0 Å². The van der Waals surface area contributed by atoms with E-state index in [0.717, 1.165) is 46.8 Å². The molecule has 1 N–H and O–H groups in total. The van der Waals surface area contributed by atoms with Crippen LogP contribution in [0.5, 0.6) is 5.75 Å². The fourth-order valence-corrected chi connectivity index (χ4v) is 5.09. The second-order valence-corrected chi connectivity index (χ2v) is 9.32. The molecule has 1 aliphatic heterocycles. The summed E-state index contributed by atoms with van der Waals surface area (Å²) in [6, 6.07) is 5.60. The van der Waals surface area contributed by atoms with Gasteiger partial charge in [0.15, 0.2) is 0 Å². The number of thiophene rings is 1. The molecule has 1 aromatic carbocycles. The first-order chi connectivity index (χ1) is 14.9. The number of methoxy groups -OCH3 is 1. The van der Waals surface area contributed by atoms with E-state index >= 15 is 0 Å². The predicted molar refractivity (Wildman–Crippen MR) is 124 cm³/mol. The lowest BCUT2D eigenvalue weighted by molar-refractivity contribution is -0.116. The average molecular weight is 441 g/mol. The van der Waals surface area contributed by atoms with Crippen molar-refractivity contribution in [1.82, 2.24) is 14.5 Å². The zero-order valence-corrected chi connectivity index (χ0v) is 19.3. The van der Waals surface area contributed by atoms with Crippen molar-refractivity contribution >= 4 is 33.1 Å². The number of hydrogen-bond donors (Lipinski definition) is 1. The topological polar surface area (TPSA) is 76.5 Å². The normalized spacial score (nSPS) is 14.3. The minimum absolute atomic E-state index is 0.0869. The number of nitrogens with one attached hydrogen (secondary N) is 1. The van der Waals surface area contributed by atoms with Crippen molar-refractivity contribution in [3.8, 4) is 5.75 Å². The number of anilines is 1. The minimum atomic E-state index is -0.278. The number of ether oxygens (including phenoxy) is 1. The second kappa shape index (κ2) is 8.80. The highest BCUT2D eigenvalue weighted by Crippen LogP contribution is 2.27. The standard InChI is InChI=1S/C23H28N4O3S/c1-14-7-8-18(30-4)17(11-14)24-20(28)13-27-19(12-26-9-5-6-10-26)25-22-21(23(27)29)15(2)16(3)31-22/h7-8,11H,5-6,9-10,12-13H2,1-4H3,(H,24,28). The number of rotatable bonds is 6. The van der Waals surface area contributed by atoms with Crippen molar-refractivity contribution in [1.29, 1.82) is 0 Å². The highest BCUT2D eigenvalue weighted by Gasteiger charge is 2.21. The molecule has 8 heteroatoms. The van der Waals surface area contributed by atoms with Gasteiger partial charge in [-0.15, -0.1) is 11.3 Å². The van der Waals surface area contributed by atoms with Gasteiger partial charge < -0.3 is 10.1 Å². The summed E-state index contributed by atoms with van der Waals surface area (Å²) in [4.78, 5) is 35.3. The summed E-state index contributed by atoms with van der Waals surface area (Å²) in [6.07, 6.45) is 2.30. The van der Waals surface area contributed by atoms with E-state index in [9.17, 15) is 9.59 Å². The zero-order valence-electron chi connectivity index (χ0n) is 18.4. The Labute approximate surface area is 185 Å². The highest BCUT2D eigenvalue weighted by molar-refractivity contribution is 7.18. The molecule has 31 heavy (non-hydrogen) atoms. The van der Waals surface area contributed by atoms with Gasteiger partial charge in [-0.3, -0.25) is 19.1 Å². The predicted octanol–water partition coefficient (Wildman–Crippen LogP) is 3.63. The van der Waals surface area contributed by atoms with Crippen LogP contribution in [0.4, 0.5) is 5.69 Å². The van der Waals surface area contributed by atoms with E-state index in [0.29, 0.717) is 29.2 Å². The molecule has 1 aliphatic rings. The van der Waals surface area contributed by atoms with Gasteiger partial charge in [0, 0.05) is 4.88 Å². The molecule has 0 unspecified atom stereocenters. The Bertz CT molecular complexity index is 1190. The van der Waals surface area contributed by atoms with E-state index in [1.165, 1.54) is 4.57 Å². The van der Waals surface area contributed by atoms with Crippen LogP contribution in [0.15, 0.2) is 23.0 Å². The van der Waals surface area contributed by atoms with Gasteiger partial charge in [0.05, 0.1) is 24.7 Å². The molecule has 3 aromatic rings. The van der Waals surface area contributed by atoms with Crippen LogP contribution in [-0.4, -0.2) is 40.6 Å². The number of hydrogen-bond acceptors (Lipinski definition) is 6. The fraction of sp³-hybridized carbons (Fsp3) is 0.435. The van der Waals surface area contributed by atoms with Gasteiger partial charge in [-0.25, -0.2) is 4.98 Å². The van der Waals surface area contributed by atoms with E-state index in [4.69, 9.17) is 9.72 Å². The van der Waals surface area contributed by atoms with Crippen LogP contribution in [0.3, 0.4) is 0 Å². The van der Waals surface area contributed by atoms with Crippen molar-refractivity contribution < 1.29 is 9.53 Å². The largest absolute Gasteiger partial charge is 0.495 e. The van der Waals surface area contributed by atoms with Gasteiger partial charge in [0.2, 0.25) is 5.91 Å². The lowest BCUT2D eigenvalue weighted by Gasteiger charge is -2.18. The average Bonchev–Trinajstić information content (AvgIpc) is 3.33. The molecular formula is C23H28N4O3S. The summed E-state index contributed by atoms with van der Waals surface area (Å²) in [5.74, 6) is 0.952. The molecule has 2 aromatic heterocycles. The molecule has 0 spiro atoms. The van der Waals surface area contributed by atoms with Crippen molar-refractivity contribution in [2.45, 2.75) is 46.7 Å². The number of benzene rings is 1. The molecule has 0 radical (unpaired) electrons. The van der Waals surface area contributed by atoms with E-state index < -0.39 is 0 Å². The highest BCUT2D eigenvalue weighted by atomic mass is 32.1. The Kier molecular flexibility index (Phi) is 6.11. The number of carbonyl (C=O) groups excluding carboxylic acids is 1. The number of aromatic nitrogens is 2. The molecule has 0 aliphatic carbocycles. The maximum atomic E-state index is 13.4. The summed E-state index contributed by atoms with van der Waals surface area (Å²) < 4.78 is 6.90. The maximum absolute atomic E-state index is 13.4. The van der Waals surface area contributed by atoms with Crippen LogP contribution in [0.2, 0.25) is 0 Å². The van der Waals surface area contributed by atoms with Crippen LogP contribution in [0.25, 0.3) is 10.2 Å². The summed E-state index contributed by atoms with van der Waals surface area (Å²) in [7, 11) is 1.57. The summed E-state index contributed by atoms with van der Waals surface area (Å²) in [6.45, 7) is 8.36. The second-order valence-electron chi connectivity index (χ2n) is 8.12. The quantitative estimate of drug-likeness (QED) is 0.634. The fourth-order valence-electron chi connectivity index (χ4n) is 4.05. The molecule has 0 bridgehead atoms. The Balaban J connectivity index is 1.70. The first-order valence-electron chi connectivity index (χ1n) is 10.5. The molecule has 1 amide bonds. The van der Waals surface area contributed by atoms with Crippen molar-refractivity contribution in [2.75, 3.05) is 25.5 Å². The van der Waals surface area contributed by atoms with Gasteiger partial charge in [-0.1, -0.05) is 6.07 Å². The first-order valence-corrected chi connectivity index (χ1v) is 11.3. The molecule has 0 saturated carbocycles. The Hall–Kier alpha value is -2.71. The van der Waals surface area contributed by atoms with Crippen LogP contribution in [-0.2, 0) is 17.9 Å². The monoisotopic (exact) mass is 440 g/mol. The van der Waals surface area contributed by atoms with Gasteiger partial charge in [0.25, 0.3) is 5.56 Å². The molecule has 4 rings (SSSR count). The van der Waals surface area contributed by atoms with Gasteiger partial charge in [-0.05, 0) is 70.0 Å². The molecule has 3 heterocycles. The van der Waals surface area contributed by atoms with E-state index in [1.54, 1.807) is 18.4 Å². The molecule has 164 valence electrons. The van der Waals surface area contributed by atoms with Crippen LogP contribution in [0, 0.1) is 20.8 Å². The van der Waals surface area contributed by atoms with Crippen LogP contribution < -0.4 is 15.6 Å². The summed E-state index contributed by atoms with van der Waals surface area (Å²) >= 11 is 1.54. The first kappa shape index (κ1) is 21.5. The SMILES string of the molecule is COc1ccc(C)cc1NC(=O)Cn1c(CN2CCCC2)nc2sc(C)c(C)c2c1=O. The van der Waals surface area contributed by atoms with Gasteiger partial charge in [-0.2, -0.15) is 0 Å². The Morgan fingerprint density at radius 2 is 1.97 bits per heavy atom. The van der Waals surface area contributed by atoms with Gasteiger partial charge >= 0.3 is 0 Å². The smallest absolute Gasteiger partial charge is 0.263 e. The number of nitrogens with zero attached hydrogens (tertiary/aromatic N) is 3. The molecule has 7 nitrogen and oxygen atoms in total. The third-order valence-electron chi connectivity index (χ3n) is 5.86. The number of likely N-dealkylation sites (tertiary alicyclic amines) is 1. The number of fused-ring (bicyclic) bond motifs is 1. The summed E-state index contributed by atoms with van der Waals surface area (Å²) in [5.41, 5.74) is 2.40. The number of carbonyl (C=O) groups is 1. The molecule has 1 saturated heterocycles. The lowest BCUT2D eigenvalue weighted by atomic mass is 10.2. The zero-order chi connectivity index (χ0) is 22.1. The molecular weight excluding hydrogens is 412 g/mol. The van der Waals surface area contributed by atoms with Crippen molar-refractivity contribution in [3.05, 3.63) is 50.4 Å².